The summed E-state index contributed by atoms with van der Waals surface area (Å²) in [5.74, 6) is -0.382. The molecule has 0 aliphatic carbocycles. The van der Waals surface area contributed by atoms with Crippen molar-refractivity contribution in [1.82, 2.24) is 9.88 Å². The number of nitriles is 1. The fourth-order valence-electron chi connectivity index (χ4n) is 3.92. The summed E-state index contributed by atoms with van der Waals surface area (Å²) in [5, 5.41) is 18.1. The number of rotatable bonds is 4. The van der Waals surface area contributed by atoms with Crippen LogP contribution in [0.15, 0.2) is 18.3 Å². The Morgan fingerprint density at radius 3 is 2.76 bits per heavy atom. The van der Waals surface area contributed by atoms with Gasteiger partial charge in [-0.15, -0.1) is 0 Å². The molecule has 21 heavy (non-hydrogen) atoms. The van der Waals surface area contributed by atoms with Crippen molar-refractivity contribution in [1.29, 1.82) is 5.26 Å². The third-order valence-electron chi connectivity index (χ3n) is 4.80. The molecular formula is C16H19N3O2. The lowest BCUT2D eigenvalue weighted by atomic mass is 9.88. The fraction of sp³-hybridized carbons (Fsp3) is 0.562. The Morgan fingerprint density at radius 1 is 1.43 bits per heavy atom. The second kappa shape index (κ2) is 5.82. The van der Waals surface area contributed by atoms with Crippen LogP contribution in [0.5, 0.6) is 0 Å². The van der Waals surface area contributed by atoms with Crippen LogP contribution in [0.4, 0.5) is 0 Å². The predicted octanol–water partition coefficient (Wildman–Crippen LogP) is 2.17. The number of carboxylic acid groups (broad SMARTS) is 1. The minimum absolute atomic E-state index is 0.289. The van der Waals surface area contributed by atoms with Crippen LogP contribution in [0.1, 0.15) is 43.4 Å². The van der Waals surface area contributed by atoms with Crippen LogP contribution in [0.2, 0.25) is 0 Å². The zero-order valence-electron chi connectivity index (χ0n) is 11.9. The molecule has 0 spiro atoms. The van der Waals surface area contributed by atoms with Crippen LogP contribution in [-0.4, -0.2) is 33.0 Å². The van der Waals surface area contributed by atoms with Crippen molar-refractivity contribution in [2.24, 2.45) is 5.92 Å². The van der Waals surface area contributed by atoms with Gasteiger partial charge in [0.1, 0.15) is 11.8 Å². The Bertz CT molecular complexity index is 567. The van der Waals surface area contributed by atoms with Gasteiger partial charge in [0.15, 0.2) is 0 Å². The number of aromatic nitrogens is 1. The average molecular weight is 285 g/mol. The second-order valence-electron chi connectivity index (χ2n) is 6.12. The molecule has 3 rings (SSSR count). The summed E-state index contributed by atoms with van der Waals surface area (Å²) in [6, 6.07) is 6.91. The summed E-state index contributed by atoms with van der Waals surface area (Å²) >= 11 is 0. The number of hydrogen-bond donors (Lipinski definition) is 1. The topological polar surface area (TPSA) is 77.2 Å². The van der Waals surface area contributed by atoms with Gasteiger partial charge in [-0.1, -0.05) is 6.07 Å². The van der Waals surface area contributed by atoms with Gasteiger partial charge in [-0.25, -0.2) is 4.98 Å². The molecule has 2 fully saturated rings. The van der Waals surface area contributed by atoms with Crippen molar-refractivity contribution in [2.75, 3.05) is 0 Å². The Balaban J connectivity index is 1.71. The molecule has 2 unspecified atom stereocenters. The van der Waals surface area contributed by atoms with Gasteiger partial charge in [-0.05, 0) is 37.7 Å². The first-order valence-electron chi connectivity index (χ1n) is 7.49. The van der Waals surface area contributed by atoms with Crippen molar-refractivity contribution in [3.8, 4) is 6.07 Å². The van der Waals surface area contributed by atoms with E-state index in [1.807, 2.05) is 12.1 Å². The molecule has 0 radical (unpaired) electrons. The van der Waals surface area contributed by atoms with Crippen LogP contribution >= 0.6 is 0 Å². The van der Waals surface area contributed by atoms with Crippen molar-refractivity contribution >= 4 is 5.97 Å². The molecule has 5 nitrogen and oxygen atoms in total. The summed E-state index contributed by atoms with van der Waals surface area (Å²) in [5.41, 5.74) is 1.48. The third kappa shape index (κ3) is 2.91. The van der Waals surface area contributed by atoms with Gasteiger partial charge in [0.25, 0.3) is 0 Å². The summed E-state index contributed by atoms with van der Waals surface area (Å²) in [4.78, 5) is 17.5. The molecule has 1 N–H and O–H groups in total. The van der Waals surface area contributed by atoms with Crippen molar-refractivity contribution in [2.45, 2.75) is 50.7 Å². The highest BCUT2D eigenvalue weighted by atomic mass is 16.4. The maximum absolute atomic E-state index is 10.9. The maximum atomic E-state index is 10.9. The number of fused-ring (bicyclic) bond motifs is 2. The van der Waals surface area contributed by atoms with E-state index in [-0.39, 0.29) is 6.42 Å². The zero-order valence-corrected chi connectivity index (χ0v) is 11.9. The van der Waals surface area contributed by atoms with E-state index in [2.05, 4.69) is 16.0 Å². The molecule has 0 aromatic carbocycles. The molecule has 2 bridgehead atoms. The minimum atomic E-state index is -0.688. The molecule has 2 atom stereocenters. The Kier molecular flexibility index (Phi) is 3.89. The van der Waals surface area contributed by atoms with E-state index < -0.39 is 5.97 Å². The Labute approximate surface area is 124 Å². The molecule has 5 heteroatoms. The van der Waals surface area contributed by atoms with E-state index in [1.165, 1.54) is 0 Å². The van der Waals surface area contributed by atoms with Crippen molar-refractivity contribution < 1.29 is 9.90 Å². The van der Waals surface area contributed by atoms with Gasteiger partial charge in [-0.2, -0.15) is 5.26 Å². The van der Waals surface area contributed by atoms with Gasteiger partial charge in [-0.3, -0.25) is 9.69 Å². The van der Waals surface area contributed by atoms with Gasteiger partial charge < -0.3 is 5.11 Å². The van der Waals surface area contributed by atoms with E-state index >= 15 is 0 Å². The van der Waals surface area contributed by atoms with Crippen LogP contribution in [0.25, 0.3) is 0 Å². The minimum Gasteiger partial charge on any atom is -0.481 e. The maximum Gasteiger partial charge on any atom is 0.303 e. The first kappa shape index (κ1) is 14.0. The van der Waals surface area contributed by atoms with Crippen LogP contribution in [-0.2, 0) is 11.3 Å². The summed E-state index contributed by atoms with van der Waals surface area (Å²) in [6.07, 6.45) is 6.15. The molecular weight excluding hydrogens is 266 g/mol. The van der Waals surface area contributed by atoms with E-state index in [9.17, 15) is 4.79 Å². The summed E-state index contributed by atoms with van der Waals surface area (Å²) in [6.45, 7) is 0.756. The normalized spacial score (nSPS) is 28.2. The van der Waals surface area contributed by atoms with Crippen LogP contribution in [0.3, 0.4) is 0 Å². The first-order valence-corrected chi connectivity index (χ1v) is 7.49. The quantitative estimate of drug-likeness (QED) is 0.917. The molecule has 0 saturated carbocycles. The lowest BCUT2D eigenvalue weighted by molar-refractivity contribution is -0.138. The van der Waals surface area contributed by atoms with Gasteiger partial charge in [0.2, 0.25) is 0 Å². The molecule has 2 aliphatic heterocycles. The smallest absolute Gasteiger partial charge is 0.303 e. The summed E-state index contributed by atoms with van der Waals surface area (Å²) < 4.78 is 0. The number of aliphatic carboxylic acids is 1. The number of pyridine rings is 1. The molecule has 1 aromatic heterocycles. The first-order chi connectivity index (χ1) is 10.2. The zero-order chi connectivity index (χ0) is 14.8. The SMILES string of the molecule is N#Cc1ncccc1CN1C2CCC1CC(CC(=O)O)C2. The molecule has 3 heterocycles. The number of nitrogens with zero attached hydrogens (tertiary/aromatic N) is 3. The van der Waals surface area contributed by atoms with Gasteiger partial charge in [0.05, 0.1) is 0 Å². The highest BCUT2D eigenvalue weighted by Crippen LogP contribution is 2.40. The lowest BCUT2D eigenvalue weighted by Crippen LogP contribution is -2.42. The lowest BCUT2D eigenvalue weighted by Gasteiger charge is -2.38. The largest absolute Gasteiger partial charge is 0.481 e. The number of carboxylic acids is 1. The van der Waals surface area contributed by atoms with Gasteiger partial charge in [0, 0.05) is 36.8 Å². The third-order valence-corrected chi connectivity index (χ3v) is 4.80. The molecule has 2 saturated heterocycles. The van der Waals surface area contributed by atoms with Crippen LogP contribution in [0, 0.1) is 17.2 Å². The predicted molar refractivity (Wildman–Crippen MR) is 76.3 cm³/mol. The Hall–Kier alpha value is -1.93. The standard InChI is InChI=1S/C16H19N3O2/c17-9-15-12(2-1-5-18-15)10-19-13-3-4-14(19)7-11(6-13)8-16(20)21/h1-2,5,11,13-14H,3-4,6-8,10H2,(H,20,21). The molecule has 110 valence electrons. The number of hydrogen-bond acceptors (Lipinski definition) is 4. The van der Waals surface area contributed by atoms with Crippen LogP contribution < -0.4 is 0 Å². The molecule has 2 aliphatic rings. The molecule has 0 amide bonds. The van der Waals surface area contributed by atoms with E-state index in [4.69, 9.17) is 10.4 Å². The number of piperidine rings is 1. The Morgan fingerprint density at radius 2 is 2.14 bits per heavy atom. The summed E-state index contributed by atoms with van der Waals surface area (Å²) in [7, 11) is 0. The van der Waals surface area contributed by atoms with E-state index in [1.54, 1.807) is 6.20 Å². The monoisotopic (exact) mass is 285 g/mol. The van der Waals surface area contributed by atoms with Crippen molar-refractivity contribution in [3.05, 3.63) is 29.6 Å². The van der Waals surface area contributed by atoms with E-state index in [0.29, 0.717) is 23.7 Å². The van der Waals surface area contributed by atoms with E-state index in [0.717, 1.165) is 37.8 Å². The van der Waals surface area contributed by atoms with Gasteiger partial charge >= 0.3 is 5.97 Å². The van der Waals surface area contributed by atoms with Crippen molar-refractivity contribution in [3.63, 3.8) is 0 Å². The molecule has 1 aromatic rings. The highest BCUT2D eigenvalue weighted by Gasteiger charge is 2.41. The average Bonchev–Trinajstić information content (AvgIpc) is 2.70. The highest BCUT2D eigenvalue weighted by molar-refractivity contribution is 5.67. The second-order valence-corrected chi connectivity index (χ2v) is 6.12. The number of carbonyl (C=O) groups is 1. The fourth-order valence-corrected chi connectivity index (χ4v) is 3.92.